The van der Waals surface area contributed by atoms with Gasteiger partial charge in [0, 0.05) is 62.3 Å². The van der Waals surface area contributed by atoms with Gasteiger partial charge in [-0.2, -0.15) is 5.26 Å². The Morgan fingerprint density at radius 2 is 1.68 bits per heavy atom. The average Bonchev–Trinajstić information content (AvgIpc) is 3.64. The van der Waals surface area contributed by atoms with Crippen molar-refractivity contribution in [1.82, 2.24) is 19.5 Å². The third kappa shape index (κ3) is 8.00. The number of alkyl halides is 2. The van der Waals surface area contributed by atoms with Crippen molar-refractivity contribution in [3.63, 3.8) is 0 Å². The van der Waals surface area contributed by atoms with Gasteiger partial charge in [-0.1, -0.05) is 24.1 Å². The molecule has 1 N–H and O–H groups in total. The molecule has 3 fully saturated rings. The summed E-state index contributed by atoms with van der Waals surface area (Å²) in [4.78, 5) is 31.8. The minimum absolute atomic E-state index is 0.0867. The van der Waals surface area contributed by atoms with E-state index < -0.39 is 17.4 Å². The molecule has 0 spiro atoms. The highest BCUT2D eigenvalue weighted by molar-refractivity contribution is 7.96. The minimum atomic E-state index is -2.72. The van der Waals surface area contributed by atoms with Crippen molar-refractivity contribution in [1.29, 1.82) is 5.26 Å². The van der Waals surface area contributed by atoms with Gasteiger partial charge in [0.1, 0.15) is 16.4 Å². The summed E-state index contributed by atoms with van der Waals surface area (Å²) in [6.45, 7) is 3.32. The predicted molar refractivity (Wildman–Crippen MR) is 167 cm³/mol. The second kappa shape index (κ2) is 13.7. The van der Waals surface area contributed by atoms with Crippen molar-refractivity contribution in [2.45, 2.75) is 50.0 Å². The standard InChI is InChI=1S/C21H20FN3OS2.C11H14F2N2O/c1-27-25-12-10-24(11-13-25)21(26)17-4-2-15(3-5-17)19-14-23-20(28-19)16-6-8-18(22)9-7-16;12-11(13)3-1-2-8(6-11)9(16)15-10(7-14)4-5-10/h2-9,14H,10-13H2,1H3;8H,1-6H2,(H,15,16). The van der Waals surface area contributed by atoms with E-state index in [4.69, 9.17) is 5.26 Å². The van der Waals surface area contributed by atoms with Crippen molar-refractivity contribution in [2.75, 3.05) is 32.4 Å². The van der Waals surface area contributed by atoms with Crippen LogP contribution in [0, 0.1) is 23.1 Å². The number of benzene rings is 2. The number of hydrogen-bond acceptors (Lipinski definition) is 7. The van der Waals surface area contributed by atoms with Crippen molar-refractivity contribution in [2.24, 2.45) is 5.92 Å². The minimum Gasteiger partial charge on any atom is -0.338 e. The van der Waals surface area contributed by atoms with Gasteiger partial charge in [-0.25, -0.2) is 22.5 Å². The van der Waals surface area contributed by atoms with E-state index in [9.17, 15) is 22.8 Å². The molecular weight excluding hydrogens is 608 g/mol. The van der Waals surface area contributed by atoms with E-state index in [1.807, 2.05) is 41.4 Å². The highest BCUT2D eigenvalue weighted by atomic mass is 32.2. The van der Waals surface area contributed by atoms with E-state index in [0.29, 0.717) is 31.2 Å². The molecule has 1 saturated heterocycles. The molecule has 232 valence electrons. The average molecular weight is 642 g/mol. The van der Waals surface area contributed by atoms with Gasteiger partial charge in [-0.3, -0.25) is 9.59 Å². The molecule has 7 nitrogen and oxygen atoms in total. The zero-order valence-electron chi connectivity index (χ0n) is 24.4. The van der Waals surface area contributed by atoms with E-state index >= 15 is 0 Å². The van der Waals surface area contributed by atoms with Gasteiger partial charge in [0.15, 0.2) is 0 Å². The first kappa shape index (κ1) is 32.0. The molecule has 3 aromatic rings. The third-order valence-corrected chi connectivity index (χ3v) is 10.1. The zero-order valence-corrected chi connectivity index (χ0v) is 26.0. The van der Waals surface area contributed by atoms with Crippen molar-refractivity contribution < 1.29 is 22.8 Å². The van der Waals surface area contributed by atoms with Crippen LogP contribution < -0.4 is 5.32 Å². The molecule has 2 saturated carbocycles. The number of nitrogens with one attached hydrogen (secondary N) is 1. The van der Waals surface area contributed by atoms with E-state index in [-0.39, 0.29) is 30.5 Å². The number of nitrogens with zero attached hydrogens (tertiary/aromatic N) is 4. The monoisotopic (exact) mass is 641 g/mol. The van der Waals surface area contributed by atoms with Gasteiger partial charge in [-0.05, 0) is 73.9 Å². The summed E-state index contributed by atoms with van der Waals surface area (Å²) in [7, 11) is 0. The quantitative estimate of drug-likeness (QED) is 0.304. The van der Waals surface area contributed by atoms with Crippen LogP contribution in [-0.2, 0) is 4.79 Å². The Morgan fingerprint density at radius 3 is 2.27 bits per heavy atom. The Labute approximate surface area is 263 Å². The summed E-state index contributed by atoms with van der Waals surface area (Å²) >= 11 is 3.28. The molecule has 6 rings (SSSR count). The van der Waals surface area contributed by atoms with Crippen molar-refractivity contribution in [3.8, 4) is 27.1 Å². The lowest BCUT2D eigenvalue weighted by molar-refractivity contribution is -0.132. The first-order chi connectivity index (χ1) is 21.1. The number of hydrogen-bond donors (Lipinski definition) is 1. The fraction of sp³-hybridized carbons (Fsp3) is 0.438. The lowest BCUT2D eigenvalue weighted by Gasteiger charge is -2.33. The third-order valence-electron chi connectivity index (χ3n) is 8.13. The molecule has 2 aromatic carbocycles. The normalized spacial score (nSPS) is 20.5. The summed E-state index contributed by atoms with van der Waals surface area (Å²) in [5.74, 6) is -3.89. The molecule has 1 atom stereocenters. The molecule has 2 aliphatic carbocycles. The molecule has 1 unspecified atom stereocenters. The van der Waals surface area contributed by atoms with Crippen molar-refractivity contribution in [3.05, 3.63) is 66.1 Å². The lowest BCUT2D eigenvalue weighted by Crippen LogP contribution is -2.46. The second-order valence-corrected chi connectivity index (χ2v) is 13.3. The number of carbonyl (C=O) groups is 2. The number of thiazole rings is 1. The number of rotatable bonds is 6. The van der Waals surface area contributed by atoms with Gasteiger partial charge in [0.2, 0.25) is 11.8 Å². The van der Waals surface area contributed by atoms with Crippen LogP contribution in [0.2, 0.25) is 0 Å². The van der Waals surface area contributed by atoms with Gasteiger partial charge < -0.3 is 10.2 Å². The van der Waals surface area contributed by atoms with Crippen LogP contribution in [0.5, 0.6) is 0 Å². The first-order valence-electron chi connectivity index (χ1n) is 14.6. The number of amides is 2. The van der Waals surface area contributed by atoms with Crippen LogP contribution in [0.1, 0.15) is 48.9 Å². The molecular formula is C32H34F3N5O2S2. The van der Waals surface area contributed by atoms with E-state index in [1.165, 1.54) is 12.1 Å². The molecule has 3 aliphatic rings. The van der Waals surface area contributed by atoms with Crippen LogP contribution in [-0.4, -0.2) is 69.9 Å². The number of aromatic nitrogens is 1. The van der Waals surface area contributed by atoms with E-state index in [1.54, 1.807) is 35.4 Å². The van der Waals surface area contributed by atoms with Gasteiger partial charge >= 0.3 is 0 Å². The lowest BCUT2D eigenvalue weighted by atomic mass is 9.86. The highest BCUT2D eigenvalue weighted by Crippen LogP contribution is 2.39. The Kier molecular flexibility index (Phi) is 9.97. The van der Waals surface area contributed by atoms with E-state index in [2.05, 4.69) is 20.9 Å². The Hall–Kier alpha value is -3.40. The number of halogens is 3. The van der Waals surface area contributed by atoms with Crippen LogP contribution >= 0.6 is 23.3 Å². The SMILES string of the molecule is CSN1CCN(C(=O)c2ccc(-c3cnc(-c4ccc(F)cc4)s3)cc2)CC1.N#CC1(NC(=O)C2CCCC(F)(F)C2)CC1. The molecule has 2 heterocycles. The maximum absolute atomic E-state index is 13.1. The zero-order chi connectivity index (χ0) is 31.3. The molecule has 0 radical (unpaired) electrons. The van der Waals surface area contributed by atoms with Gasteiger partial charge in [0.05, 0.1) is 10.9 Å². The maximum Gasteiger partial charge on any atom is 0.253 e. The summed E-state index contributed by atoms with van der Waals surface area (Å²) in [5, 5.41) is 12.2. The van der Waals surface area contributed by atoms with Crippen LogP contribution in [0.4, 0.5) is 13.2 Å². The highest BCUT2D eigenvalue weighted by Gasteiger charge is 2.47. The maximum atomic E-state index is 13.1. The summed E-state index contributed by atoms with van der Waals surface area (Å²) < 4.78 is 41.6. The molecule has 0 bridgehead atoms. The number of nitriles is 1. The summed E-state index contributed by atoms with van der Waals surface area (Å²) in [6.07, 6.45) is 5.55. The molecule has 1 aromatic heterocycles. The predicted octanol–water partition coefficient (Wildman–Crippen LogP) is 6.64. The Morgan fingerprint density at radius 1 is 1.02 bits per heavy atom. The topological polar surface area (TPSA) is 89.3 Å². The molecule has 44 heavy (non-hydrogen) atoms. The van der Waals surface area contributed by atoms with Gasteiger partial charge in [0.25, 0.3) is 5.91 Å². The smallest absolute Gasteiger partial charge is 0.253 e. The molecule has 2 amide bonds. The Balaban J connectivity index is 0.000000204. The summed E-state index contributed by atoms with van der Waals surface area (Å²) in [5.41, 5.74) is 1.89. The van der Waals surface area contributed by atoms with Gasteiger partial charge in [-0.15, -0.1) is 11.3 Å². The largest absolute Gasteiger partial charge is 0.338 e. The Bertz CT molecular complexity index is 1500. The number of piperazine rings is 1. The van der Waals surface area contributed by atoms with Crippen LogP contribution in [0.15, 0.2) is 54.7 Å². The van der Waals surface area contributed by atoms with Crippen LogP contribution in [0.25, 0.3) is 21.0 Å². The van der Waals surface area contributed by atoms with Crippen LogP contribution in [0.3, 0.4) is 0 Å². The first-order valence-corrected chi connectivity index (χ1v) is 16.6. The summed E-state index contributed by atoms with van der Waals surface area (Å²) in [6, 6.07) is 16.1. The fourth-order valence-corrected chi connectivity index (χ4v) is 6.75. The van der Waals surface area contributed by atoms with E-state index in [0.717, 1.165) is 47.2 Å². The molecule has 12 heteroatoms. The fourth-order valence-electron chi connectivity index (χ4n) is 5.29. The second-order valence-electron chi connectivity index (χ2n) is 11.4. The van der Waals surface area contributed by atoms with Crippen molar-refractivity contribution >= 4 is 35.1 Å². The number of carbonyl (C=O) groups excluding carboxylic acids is 2. The molecule has 1 aliphatic heterocycles.